The molecule has 0 aliphatic rings. The lowest BCUT2D eigenvalue weighted by Gasteiger charge is -2.16. The molecule has 3 N–H and O–H groups in total. The minimum Gasteiger partial charge on any atom is -0.350 e. The van der Waals surface area contributed by atoms with Crippen LogP contribution in [0, 0.1) is 0 Å². The lowest BCUT2D eigenvalue weighted by Crippen LogP contribution is -2.27. The topological polar surface area (TPSA) is 101 Å². The van der Waals surface area contributed by atoms with Gasteiger partial charge in [0.15, 0.2) is 0 Å². The van der Waals surface area contributed by atoms with E-state index >= 15 is 0 Å². The summed E-state index contributed by atoms with van der Waals surface area (Å²) in [5, 5.41) is 0.717. The van der Waals surface area contributed by atoms with Crippen LogP contribution in [-0.2, 0) is 10.1 Å². The number of primary amides is 1. The van der Waals surface area contributed by atoms with Crippen molar-refractivity contribution < 1.29 is 17.8 Å². The third kappa shape index (κ3) is 2.50. The second-order valence-electron chi connectivity index (χ2n) is 3.75. The monoisotopic (exact) mass is 298 g/mol. The van der Waals surface area contributed by atoms with Crippen LogP contribution >= 0.6 is 12.8 Å². The third-order valence-electron chi connectivity index (χ3n) is 2.58. The van der Waals surface area contributed by atoms with Gasteiger partial charge in [0.1, 0.15) is 4.90 Å². The summed E-state index contributed by atoms with van der Waals surface area (Å²) in [5.41, 5.74) is 5.46. The molecule has 100 valence electrons. The van der Waals surface area contributed by atoms with Crippen LogP contribution in [-0.4, -0.2) is 19.0 Å². The van der Waals surface area contributed by atoms with Gasteiger partial charge in [-0.15, -0.1) is 0 Å². The maximum absolute atomic E-state index is 11.3. The molecule has 2 aromatic rings. The standard InChI is InChI=1S/C11H10N2O4S2/c12-11(14)13(18)9-5-6-10(19(15,16)17)8-4-2-1-3-7(8)9/h1-6,18H,(H2,12,14)(H,15,16,17). The minimum absolute atomic E-state index is 0.238. The van der Waals surface area contributed by atoms with Gasteiger partial charge in [0, 0.05) is 10.8 Å². The van der Waals surface area contributed by atoms with Crippen molar-refractivity contribution in [3.8, 4) is 0 Å². The largest absolute Gasteiger partial charge is 0.350 e. The third-order valence-corrected chi connectivity index (χ3v) is 3.90. The molecular weight excluding hydrogens is 288 g/mol. The van der Waals surface area contributed by atoms with E-state index in [9.17, 15) is 17.8 Å². The van der Waals surface area contributed by atoms with Crippen molar-refractivity contribution in [2.45, 2.75) is 4.90 Å². The van der Waals surface area contributed by atoms with Crippen molar-refractivity contribution in [2.75, 3.05) is 4.31 Å². The number of nitrogens with zero attached hydrogens (tertiary/aromatic N) is 1. The fraction of sp³-hybridized carbons (Fsp3) is 0. The molecule has 2 rings (SSSR count). The lowest BCUT2D eigenvalue weighted by atomic mass is 10.1. The molecule has 8 heteroatoms. The molecule has 0 aliphatic heterocycles. The van der Waals surface area contributed by atoms with Crippen molar-refractivity contribution in [1.82, 2.24) is 0 Å². The molecule has 0 bridgehead atoms. The number of hydrogen-bond donors (Lipinski definition) is 3. The Morgan fingerprint density at radius 3 is 2.26 bits per heavy atom. The maximum Gasteiger partial charge on any atom is 0.329 e. The van der Waals surface area contributed by atoms with E-state index in [4.69, 9.17) is 5.73 Å². The van der Waals surface area contributed by atoms with Crippen molar-refractivity contribution in [1.29, 1.82) is 0 Å². The molecule has 0 atom stereocenters. The Hall–Kier alpha value is -1.77. The van der Waals surface area contributed by atoms with E-state index in [2.05, 4.69) is 12.8 Å². The van der Waals surface area contributed by atoms with Gasteiger partial charge in [0.2, 0.25) is 0 Å². The van der Waals surface area contributed by atoms with Crippen molar-refractivity contribution in [3.63, 3.8) is 0 Å². The number of benzene rings is 2. The Morgan fingerprint density at radius 2 is 1.74 bits per heavy atom. The number of fused-ring (bicyclic) bond motifs is 1. The number of carbonyl (C=O) groups is 1. The van der Waals surface area contributed by atoms with Gasteiger partial charge >= 0.3 is 6.03 Å². The van der Waals surface area contributed by atoms with Crippen LogP contribution in [0.3, 0.4) is 0 Å². The molecule has 0 aliphatic carbocycles. The van der Waals surface area contributed by atoms with Crippen LogP contribution < -0.4 is 10.0 Å². The van der Waals surface area contributed by atoms with Gasteiger partial charge in [-0.2, -0.15) is 8.42 Å². The van der Waals surface area contributed by atoms with Gasteiger partial charge in [0.25, 0.3) is 10.1 Å². The number of anilines is 1. The van der Waals surface area contributed by atoms with Crippen LogP contribution in [0.1, 0.15) is 0 Å². The number of amides is 2. The number of urea groups is 1. The summed E-state index contributed by atoms with van der Waals surface area (Å²) in [4.78, 5) is 10.9. The fourth-order valence-corrected chi connectivity index (χ4v) is 2.65. The van der Waals surface area contributed by atoms with Gasteiger partial charge in [-0.05, 0) is 12.1 Å². The van der Waals surface area contributed by atoms with Gasteiger partial charge in [0.05, 0.1) is 5.69 Å². The molecular formula is C11H10N2O4S2. The van der Waals surface area contributed by atoms with Gasteiger partial charge in [-0.25, -0.2) is 9.10 Å². The summed E-state index contributed by atoms with van der Waals surface area (Å²) >= 11 is 3.94. The average molecular weight is 298 g/mol. The fourth-order valence-electron chi connectivity index (χ4n) is 1.78. The molecule has 19 heavy (non-hydrogen) atoms. The summed E-state index contributed by atoms with van der Waals surface area (Å²) in [6.07, 6.45) is 0. The average Bonchev–Trinajstić information content (AvgIpc) is 2.35. The molecule has 0 aromatic heterocycles. The zero-order valence-electron chi connectivity index (χ0n) is 9.52. The summed E-state index contributed by atoms with van der Waals surface area (Å²) < 4.78 is 32.7. The molecule has 0 radical (unpaired) electrons. The summed E-state index contributed by atoms with van der Waals surface area (Å²) in [6, 6.07) is 8.15. The molecule has 0 saturated heterocycles. The van der Waals surface area contributed by atoms with Gasteiger partial charge in [-0.3, -0.25) is 4.55 Å². The molecule has 6 nitrogen and oxygen atoms in total. The molecule has 0 heterocycles. The first kappa shape index (κ1) is 13.7. The van der Waals surface area contributed by atoms with E-state index in [0.717, 1.165) is 4.31 Å². The molecule has 2 amide bonds. The Bertz CT molecular complexity index is 758. The van der Waals surface area contributed by atoms with E-state index in [0.29, 0.717) is 11.1 Å². The quantitative estimate of drug-likeness (QED) is 0.581. The second kappa shape index (κ2) is 4.72. The summed E-state index contributed by atoms with van der Waals surface area (Å²) in [6.45, 7) is 0. The first-order valence-corrected chi connectivity index (χ1v) is 6.94. The lowest BCUT2D eigenvalue weighted by molar-refractivity contribution is 0.257. The van der Waals surface area contributed by atoms with Gasteiger partial charge in [-0.1, -0.05) is 37.1 Å². The van der Waals surface area contributed by atoms with E-state index in [1.165, 1.54) is 18.2 Å². The normalized spacial score (nSPS) is 11.5. The second-order valence-corrected chi connectivity index (χ2v) is 5.54. The van der Waals surface area contributed by atoms with Crippen LogP contribution in [0.25, 0.3) is 10.8 Å². The number of thiol groups is 1. The van der Waals surface area contributed by atoms with Crippen molar-refractivity contribution in [3.05, 3.63) is 36.4 Å². The number of hydrogen-bond acceptors (Lipinski definition) is 4. The van der Waals surface area contributed by atoms with Crippen LogP contribution in [0.4, 0.5) is 10.5 Å². The first-order valence-electron chi connectivity index (χ1n) is 5.10. The highest BCUT2D eigenvalue weighted by Crippen LogP contribution is 2.32. The Balaban J connectivity index is 2.83. The van der Waals surface area contributed by atoms with Crippen molar-refractivity contribution in [2.24, 2.45) is 5.73 Å². The Labute approximate surface area is 115 Å². The van der Waals surface area contributed by atoms with E-state index in [1.807, 2.05) is 0 Å². The first-order chi connectivity index (χ1) is 8.82. The van der Waals surface area contributed by atoms with Crippen LogP contribution in [0.5, 0.6) is 0 Å². The predicted octanol–water partition coefficient (Wildman–Crippen LogP) is 1.82. The molecule has 2 aromatic carbocycles. The molecule has 0 spiro atoms. The summed E-state index contributed by atoms with van der Waals surface area (Å²) in [5.74, 6) is 0. The predicted molar refractivity (Wildman–Crippen MR) is 74.8 cm³/mol. The van der Waals surface area contributed by atoms with E-state index in [-0.39, 0.29) is 10.3 Å². The highest BCUT2D eigenvalue weighted by molar-refractivity contribution is 7.86. The number of nitrogens with two attached hydrogens (primary N) is 1. The highest BCUT2D eigenvalue weighted by Gasteiger charge is 2.18. The van der Waals surface area contributed by atoms with E-state index < -0.39 is 16.1 Å². The SMILES string of the molecule is NC(=O)N(S)c1ccc(S(=O)(=O)O)c2ccccc12. The number of rotatable bonds is 2. The zero-order chi connectivity index (χ0) is 14.2. The maximum atomic E-state index is 11.3. The van der Waals surface area contributed by atoms with Crippen LogP contribution in [0.2, 0.25) is 0 Å². The summed E-state index contributed by atoms with van der Waals surface area (Å²) in [7, 11) is -4.35. The smallest absolute Gasteiger partial charge is 0.329 e. The molecule has 0 saturated carbocycles. The van der Waals surface area contributed by atoms with Gasteiger partial charge < -0.3 is 5.73 Å². The highest BCUT2D eigenvalue weighted by atomic mass is 32.2. The van der Waals surface area contributed by atoms with Crippen molar-refractivity contribution >= 4 is 45.4 Å². The van der Waals surface area contributed by atoms with E-state index in [1.54, 1.807) is 18.2 Å². The Kier molecular flexibility index (Phi) is 3.40. The zero-order valence-corrected chi connectivity index (χ0v) is 11.2. The molecule has 0 fully saturated rings. The van der Waals surface area contributed by atoms with Crippen LogP contribution in [0.15, 0.2) is 41.3 Å². The Morgan fingerprint density at radius 1 is 1.16 bits per heavy atom. The number of carbonyl (C=O) groups excluding carboxylic acids is 1. The minimum atomic E-state index is -4.35. The molecule has 0 unspecified atom stereocenters.